The number of nitro benzene ring substituents is 1. The van der Waals surface area contributed by atoms with Gasteiger partial charge in [0.05, 0.1) is 4.92 Å². The molecule has 0 aliphatic rings. The third-order valence-corrected chi connectivity index (χ3v) is 3.30. The van der Waals surface area contributed by atoms with Crippen molar-refractivity contribution in [1.82, 2.24) is 0 Å². The summed E-state index contributed by atoms with van der Waals surface area (Å²) in [4.78, 5) is 10.1. The summed E-state index contributed by atoms with van der Waals surface area (Å²) in [7, 11) is 0. The number of ether oxygens (including phenoxy) is 1. The molecule has 0 saturated heterocycles. The Morgan fingerprint density at radius 1 is 1.15 bits per heavy atom. The average molecular weight is 337 g/mol. The minimum absolute atomic E-state index is 0.0590. The molecular formula is C14H13BrN2O3. The monoisotopic (exact) mass is 336 g/mol. The van der Waals surface area contributed by atoms with Crippen LogP contribution in [-0.2, 0) is 0 Å². The minimum Gasteiger partial charge on any atom is -0.492 e. The molecule has 0 aliphatic carbocycles. The molecule has 0 saturated carbocycles. The second-order valence-electron chi connectivity index (χ2n) is 4.01. The van der Waals surface area contributed by atoms with Crippen LogP contribution in [0.1, 0.15) is 0 Å². The maximum atomic E-state index is 10.5. The van der Waals surface area contributed by atoms with Crippen LogP contribution in [-0.4, -0.2) is 18.1 Å². The first-order chi connectivity index (χ1) is 9.66. The standard InChI is InChI=1S/C14H13BrN2O3/c15-13-3-1-2-4-14(13)16-9-10-20-12-7-5-11(6-8-12)17(18)19/h1-8,16H,9-10H2. The van der Waals surface area contributed by atoms with E-state index in [9.17, 15) is 10.1 Å². The lowest BCUT2D eigenvalue weighted by molar-refractivity contribution is -0.384. The lowest BCUT2D eigenvalue weighted by atomic mass is 10.3. The second-order valence-corrected chi connectivity index (χ2v) is 4.86. The van der Waals surface area contributed by atoms with Gasteiger partial charge in [-0.2, -0.15) is 0 Å². The molecule has 0 bridgehead atoms. The summed E-state index contributed by atoms with van der Waals surface area (Å²) in [6, 6.07) is 13.9. The summed E-state index contributed by atoms with van der Waals surface area (Å²) < 4.78 is 6.50. The topological polar surface area (TPSA) is 64.4 Å². The van der Waals surface area contributed by atoms with Gasteiger partial charge in [-0.1, -0.05) is 12.1 Å². The minimum atomic E-state index is -0.432. The van der Waals surface area contributed by atoms with Crippen LogP contribution >= 0.6 is 15.9 Å². The molecule has 6 heteroatoms. The van der Waals surface area contributed by atoms with E-state index >= 15 is 0 Å². The van der Waals surface area contributed by atoms with Crippen molar-refractivity contribution in [3.63, 3.8) is 0 Å². The van der Waals surface area contributed by atoms with Gasteiger partial charge in [-0.3, -0.25) is 10.1 Å². The summed E-state index contributed by atoms with van der Waals surface area (Å²) in [5.74, 6) is 0.615. The van der Waals surface area contributed by atoms with Gasteiger partial charge in [0.2, 0.25) is 0 Å². The van der Waals surface area contributed by atoms with E-state index in [0.717, 1.165) is 10.2 Å². The molecule has 2 rings (SSSR count). The molecule has 104 valence electrons. The Morgan fingerprint density at radius 3 is 2.50 bits per heavy atom. The van der Waals surface area contributed by atoms with E-state index in [1.54, 1.807) is 12.1 Å². The van der Waals surface area contributed by atoms with Crippen molar-refractivity contribution >= 4 is 27.3 Å². The molecular weight excluding hydrogens is 324 g/mol. The van der Waals surface area contributed by atoms with Crippen LogP contribution in [0.3, 0.4) is 0 Å². The first-order valence-electron chi connectivity index (χ1n) is 6.02. The molecule has 1 N–H and O–H groups in total. The van der Waals surface area contributed by atoms with Gasteiger partial charge in [0.15, 0.2) is 0 Å². The van der Waals surface area contributed by atoms with E-state index in [1.165, 1.54) is 12.1 Å². The Hall–Kier alpha value is -2.08. The van der Waals surface area contributed by atoms with Gasteiger partial charge in [0, 0.05) is 28.8 Å². The van der Waals surface area contributed by atoms with Crippen molar-refractivity contribution < 1.29 is 9.66 Å². The fourth-order valence-corrected chi connectivity index (χ4v) is 2.05. The van der Waals surface area contributed by atoms with Crippen molar-refractivity contribution in [2.24, 2.45) is 0 Å². The van der Waals surface area contributed by atoms with E-state index in [2.05, 4.69) is 21.2 Å². The molecule has 0 amide bonds. The normalized spacial score (nSPS) is 10.1. The molecule has 20 heavy (non-hydrogen) atoms. The van der Waals surface area contributed by atoms with Crippen LogP contribution in [0.2, 0.25) is 0 Å². The number of nitrogens with one attached hydrogen (secondary N) is 1. The van der Waals surface area contributed by atoms with Crippen LogP contribution in [0.5, 0.6) is 5.75 Å². The lowest BCUT2D eigenvalue weighted by Crippen LogP contribution is -2.11. The number of rotatable bonds is 6. The van der Waals surface area contributed by atoms with Crippen molar-refractivity contribution in [1.29, 1.82) is 0 Å². The molecule has 2 aromatic rings. The Kier molecular flexibility index (Phi) is 4.95. The number of non-ortho nitro benzene ring substituents is 1. The molecule has 0 unspecified atom stereocenters. The predicted octanol–water partition coefficient (Wildman–Crippen LogP) is 3.85. The Balaban J connectivity index is 1.79. The molecule has 0 atom stereocenters. The maximum Gasteiger partial charge on any atom is 0.269 e. The maximum absolute atomic E-state index is 10.5. The van der Waals surface area contributed by atoms with E-state index < -0.39 is 4.92 Å². The van der Waals surface area contributed by atoms with Crippen molar-refractivity contribution in [2.75, 3.05) is 18.5 Å². The Labute approximate surface area is 124 Å². The zero-order valence-corrected chi connectivity index (χ0v) is 12.2. The van der Waals surface area contributed by atoms with Gasteiger partial charge < -0.3 is 10.1 Å². The average Bonchev–Trinajstić information content (AvgIpc) is 2.46. The van der Waals surface area contributed by atoms with E-state index in [0.29, 0.717) is 18.9 Å². The predicted molar refractivity (Wildman–Crippen MR) is 81.2 cm³/mol. The highest BCUT2D eigenvalue weighted by molar-refractivity contribution is 9.10. The number of para-hydroxylation sites is 1. The summed E-state index contributed by atoms with van der Waals surface area (Å²) in [5, 5.41) is 13.7. The van der Waals surface area contributed by atoms with E-state index in [-0.39, 0.29) is 5.69 Å². The van der Waals surface area contributed by atoms with Gasteiger partial charge in [0.1, 0.15) is 12.4 Å². The number of anilines is 1. The summed E-state index contributed by atoms with van der Waals surface area (Å²) >= 11 is 3.45. The van der Waals surface area contributed by atoms with Crippen molar-refractivity contribution in [2.45, 2.75) is 0 Å². The largest absolute Gasteiger partial charge is 0.492 e. The van der Waals surface area contributed by atoms with Crippen molar-refractivity contribution in [3.8, 4) is 5.75 Å². The van der Waals surface area contributed by atoms with Gasteiger partial charge in [0.25, 0.3) is 5.69 Å². The number of hydrogen-bond donors (Lipinski definition) is 1. The number of benzene rings is 2. The highest BCUT2D eigenvalue weighted by Gasteiger charge is 2.04. The molecule has 0 radical (unpaired) electrons. The highest BCUT2D eigenvalue weighted by Crippen LogP contribution is 2.21. The summed E-state index contributed by atoms with van der Waals surface area (Å²) in [5.41, 5.74) is 1.06. The van der Waals surface area contributed by atoms with Crippen LogP contribution < -0.4 is 10.1 Å². The summed E-state index contributed by atoms with van der Waals surface area (Å²) in [6.45, 7) is 1.11. The Bertz CT molecular complexity index is 587. The molecule has 0 fully saturated rings. The third kappa shape index (κ3) is 3.96. The third-order valence-electron chi connectivity index (χ3n) is 2.61. The SMILES string of the molecule is O=[N+]([O-])c1ccc(OCCNc2ccccc2Br)cc1. The quantitative estimate of drug-likeness (QED) is 0.494. The van der Waals surface area contributed by atoms with Crippen LogP contribution in [0.25, 0.3) is 0 Å². The first-order valence-corrected chi connectivity index (χ1v) is 6.82. The molecule has 0 aliphatic heterocycles. The van der Waals surface area contributed by atoms with Crippen LogP contribution in [0, 0.1) is 10.1 Å². The van der Waals surface area contributed by atoms with E-state index in [1.807, 2.05) is 24.3 Å². The van der Waals surface area contributed by atoms with Gasteiger partial charge >= 0.3 is 0 Å². The molecule has 0 heterocycles. The number of halogens is 1. The summed E-state index contributed by atoms with van der Waals surface area (Å²) in [6.07, 6.45) is 0. The molecule has 2 aromatic carbocycles. The lowest BCUT2D eigenvalue weighted by Gasteiger charge is -2.09. The Morgan fingerprint density at radius 2 is 1.85 bits per heavy atom. The fourth-order valence-electron chi connectivity index (χ4n) is 1.62. The van der Waals surface area contributed by atoms with E-state index in [4.69, 9.17) is 4.74 Å². The zero-order valence-electron chi connectivity index (χ0n) is 10.6. The van der Waals surface area contributed by atoms with Crippen LogP contribution in [0.15, 0.2) is 53.0 Å². The van der Waals surface area contributed by atoms with Crippen LogP contribution in [0.4, 0.5) is 11.4 Å². The number of nitrogens with zero attached hydrogens (tertiary/aromatic N) is 1. The highest BCUT2D eigenvalue weighted by atomic mass is 79.9. The second kappa shape index (κ2) is 6.91. The zero-order chi connectivity index (χ0) is 14.4. The number of hydrogen-bond acceptors (Lipinski definition) is 4. The van der Waals surface area contributed by atoms with Gasteiger partial charge in [-0.25, -0.2) is 0 Å². The number of nitro groups is 1. The molecule has 0 aromatic heterocycles. The molecule has 0 spiro atoms. The van der Waals surface area contributed by atoms with Crippen molar-refractivity contribution in [3.05, 3.63) is 63.1 Å². The molecule has 5 nitrogen and oxygen atoms in total. The smallest absolute Gasteiger partial charge is 0.269 e. The fraction of sp³-hybridized carbons (Fsp3) is 0.143. The van der Waals surface area contributed by atoms with Gasteiger partial charge in [-0.05, 0) is 40.2 Å². The van der Waals surface area contributed by atoms with Gasteiger partial charge in [-0.15, -0.1) is 0 Å². The first kappa shape index (κ1) is 14.3.